The fourth-order valence-electron chi connectivity index (χ4n) is 1.80. The van der Waals surface area contributed by atoms with E-state index in [4.69, 9.17) is 11.6 Å². The fraction of sp³-hybridized carbons (Fsp3) is 0.133. The van der Waals surface area contributed by atoms with Gasteiger partial charge in [0.2, 0.25) is 5.91 Å². The Balaban J connectivity index is 1.50. The Morgan fingerprint density at radius 1 is 1.27 bits per heavy atom. The van der Waals surface area contributed by atoms with Crippen molar-refractivity contribution in [1.29, 1.82) is 0 Å². The highest BCUT2D eigenvalue weighted by Crippen LogP contribution is 2.28. The Morgan fingerprint density at radius 3 is 2.91 bits per heavy atom. The quantitative estimate of drug-likeness (QED) is 0.563. The molecule has 0 aliphatic rings. The lowest BCUT2D eigenvalue weighted by molar-refractivity contribution is -0.118. The maximum atomic E-state index is 11.9. The third-order valence-corrected chi connectivity index (χ3v) is 5.28. The topological polar surface area (TPSA) is 54.9 Å². The zero-order valence-electron chi connectivity index (χ0n) is 11.5. The van der Waals surface area contributed by atoms with Crippen LogP contribution in [0.15, 0.2) is 46.9 Å². The van der Waals surface area contributed by atoms with Crippen LogP contribution in [0, 0.1) is 0 Å². The second-order valence-corrected chi connectivity index (χ2v) is 7.14. The average molecular weight is 350 g/mol. The molecule has 0 aliphatic heterocycles. The zero-order chi connectivity index (χ0) is 15.4. The van der Waals surface area contributed by atoms with E-state index in [0.717, 1.165) is 20.1 Å². The molecule has 0 saturated carbocycles. The second-order valence-electron chi connectivity index (χ2n) is 4.50. The molecule has 0 spiro atoms. The van der Waals surface area contributed by atoms with Gasteiger partial charge in [0, 0.05) is 12.7 Å². The van der Waals surface area contributed by atoms with Gasteiger partial charge in [0.1, 0.15) is 5.15 Å². The summed E-state index contributed by atoms with van der Waals surface area (Å²) in [5.41, 5.74) is 1.89. The smallest absolute Gasteiger partial charge is 0.230 e. The number of nitrogens with zero attached hydrogens (tertiary/aromatic N) is 2. The first kappa shape index (κ1) is 15.3. The zero-order valence-corrected chi connectivity index (χ0v) is 13.8. The number of carbonyl (C=O) groups excluding carboxylic acids is 1. The Morgan fingerprint density at radius 2 is 2.14 bits per heavy atom. The molecule has 112 valence electrons. The maximum absolute atomic E-state index is 11.9. The number of amides is 1. The van der Waals surface area contributed by atoms with Crippen LogP contribution in [0.4, 0.5) is 0 Å². The van der Waals surface area contributed by atoms with E-state index in [1.807, 2.05) is 30.3 Å². The summed E-state index contributed by atoms with van der Waals surface area (Å²) >= 11 is 8.77. The van der Waals surface area contributed by atoms with Crippen molar-refractivity contribution in [1.82, 2.24) is 15.3 Å². The van der Waals surface area contributed by atoms with Gasteiger partial charge in [-0.3, -0.25) is 4.79 Å². The van der Waals surface area contributed by atoms with Crippen molar-refractivity contribution in [3.8, 4) is 0 Å². The number of fused-ring (bicyclic) bond motifs is 1. The molecule has 0 radical (unpaired) electrons. The second kappa shape index (κ2) is 7.09. The van der Waals surface area contributed by atoms with Gasteiger partial charge in [-0.2, -0.15) is 0 Å². The van der Waals surface area contributed by atoms with Gasteiger partial charge in [0.15, 0.2) is 4.34 Å². The van der Waals surface area contributed by atoms with Crippen LogP contribution in [0.2, 0.25) is 5.15 Å². The number of pyridine rings is 1. The molecule has 0 atom stereocenters. The maximum Gasteiger partial charge on any atom is 0.230 e. The summed E-state index contributed by atoms with van der Waals surface area (Å²) in [4.78, 5) is 20.3. The monoisotopic (exact) mass is 349 g/mol. The Kier molecular flexibility index (Phi) is 4.92. The lowest BCUT2D eigenvalue weighted by Crippen LogP contribution is -2.24. The first-order valence-electron chi connectivity index (χ1n) is 6.56. The molecule has 0 bridgehead atoms. The van der Waals surface area contributed by atoms with Crippen LogP contribution in [-0.2, 0) is 11.3 Å². The average Bonchev–Trinajstić information content (AvgIpc) is 2.95. The van der Waals surface area contributed by atoms with Gasteiger partial charge >= 0.3 is 0 Å². The van der Waals surface area contributed by atoms with Gasteiger partial charge in [-0.05, 0) is 23.8 Å². The van der Waals surface area contributed by atoms with Crippen molar-refractivity contribution in [2.45, 2.75) is 10.9 Å². The standard InChI is InChI=1S/C15H12ClN3OS2/c16-13-6-5-10(7-17-13)8-18-14(20)9-21-15-19-11-3-1-2-4-12(11)22-15/h1-7H,8-9H2,(H,18,20). The SMILES string of the molecule is O=C(CSc1nc2ccccc2s1)NCc1ccc(Cl)nc1. The summed E-state index contributed by atoms with van der Waals surface area (Å²) in [5, 5.41) is 3.30. The van der Waals surface area contributed by atoms with E-state index >= 15 is 0 Å². The Hall–Kier alpha value is -1.63. The Bertz CT molecular complexity index is 756. The first-order chi connectivity index (χ1) is 10.7. The summed E-state index contributed by atoms with van der Waals surface area (Å²) in [5.74, 6) is 0.320. The van der Waals surface area contributed by atoms with Crippen LogP contribution in [0.3, 0.4) is 0 Å². The summed E-state index contributed by atoms with van der Waals surface area (Å²) in [7, 11) is 0. The minimum absolute atomic E-state index is 0.0285. The number of rotatable bonds is 5. The normalized spacial score (nSPS) is 10.8. The highest BCUT2D eigenvalue weighted by atomic mass is 35.5. The molecule has 2 aromatic heterocycles. The molecule has 1 N–H and O–H groups in total. The number of nitrogens with one attached hydrogen (secondary N) is 1. The number of aromatic nitrogens is 2. The number of carbonyl (C=O) groups is 1. The first-order valence-corrected chi connectivity index (χ1v) is 8.74. The van der Waals surface area contributed by atoms with Crippen molar-refractivity contribution >= 4 is 50.8 Å². The van der Waals surface area contributed by atoms with Gasteiger partial charge in [0.05, 0.1) is 16.0 Å². The number of thioether (sulfide) groups is 1. The van der Waals surface area contributed by atoms with Crippen LogP contribution in [-0.4, -0.2) is 21.6 Å². The van der Waals surface area contributed by atoms with Gasteiger partial charge in [-0.15, -0.1) is 11.3 Å². The van der Waals surface area contributed by atoms with Gasteiger partial charge in [-0.1, -0.05) is 41.6 Å². The lowest BCUT2D eigenvalue weighted by Gasteiger charge is -2.04. The number of hydrogen-bond donors (Lipinski definition) is 1. The summed E-state index contributed by atoms with van der Waals surface area (Å²) < 4.78 is 2.04. The molecule has 2 heterocycles. The van der Waals surface area contributed by atoms with Crippen LogP contribution in [0.5, 0.6) is 0 Å². The van der Waals surface area contributed by atoms with E-state index in [-0.39, 0.29) is 5.91 Å². The molecule has 7 heteroatoms. The van der Waals surface area contributed by atoms with Crippen molar-refractivity contribution in [3.63, 3.8) is 0 Å². The van der Waals surface area contributed by atoms with Crippen molar-refractivity contribution in [2.24, 2.45) is 0 Å². The molecule has 3 aromatic rings. The van der Waals surface area contributed by atoms with E-state index in [0.29, 0.717) is 17.5 Å². The molecule has 3 rings (SSSR count). The van der Waals surface area contributed by atoms with Crippen LogP contribution in [0.25, 0.3) is 10.2 Å². The lowest BCUT2D eigenvalue weighted by atomic mass is 10.3. The molecule has 1 aromatic carbocycles. The van der Waals surface area contributed by atoms with Gasteiger partial charge in [0.25, 0.3) is 0 Å². The number of para-hydroxylation sites is 1. The number of hydrogen-bond acceptors (Lipinski definition) is 5. The molecule has 22 heavy (non-hydrogen) atoms. The van der Waals surface area contributed by atoms with Crippen molar-refractivity contribution in [3.05, 3.63) is 53.3 Å². The number of benzene rings is 1. The van der Waals surface area contributed by atoms with Gasteiger partial charge in [-0.25, -0.2) is 9.97 Å². The van der Waals surface area contributed by atoms with Crippen LogP contribution < -0.4 is 5.32 Å². The molecule has 0 saturated heterocycles. The highest BCUT2D eigenvalue weighted by Gasteiger charge is 2.07. The number of thiazole rings is 1. The molecular formula is C15H12ClN3OS2. The van der Waals surface area contributed by atoms with Crippen molar-refractivity contribution < 1.29 is 4.79 Å². The van der Waals surface area contributed by atoms with Crippen molar-refractivity contribution in [2.75, 3.05) is 5.75 Å². The Labute approximate surface area is 140 Å². The molecule has 0 aliphatic carbocycles. The van der Waals surface area contributed by atoms with E-state index in [2.05, 4.69) is 15.3 Å². The molecule has 4 nitrogen and oxygen atoms in total. The predicted molar refractivity (Wildman–Crippen MR) is 91.4 cm³/mol. The molecule has 0 fully saturated rings. The molecular weight excluding hydrogens is 338 g/mol. The molecule has 0 unspecified atom stereocenters. The minimum atomic E-state index is -0.0285. The minimum Gasteiger partial charge on any atom is -0.351 e. The van der Waals surface area contributed by atoms with Crippen LogP contribution in [0.1, 0.15) is 5.56 Å². The van der Waals surface area contributed by atoms with Crippen LogP contribution >= 0.6 is 34.7 Å². The molecule has 1 amide bonds. The fourth-order valence-corrected chi connectivity index (χ4v) is 3.81. The van der Waals surface area contributed by atoms with E-state index < -0.39 is 0 Å². The van der Waals surface area contributed by atoms with Gasteiger partial charge < -0.3 is 5.32 Å². The third kappa shape index (κ3) is 3.97. The number of halogens is 1. The van der Waals surface area contributed by atoms with E-state index in [1.54, 1.807) is 23.6 Å². The van der Waals surface area contributed by atoms with E-state index in [1.165, 1.54) is 11.8 Å². The third-order valence-electron chi connectivity index (χ3n) is 2.88. The van der Waals surface area contributed by atoms with E-state index in [9.17, 15) is 4.79 Å². The largest absolute Gasteiger partial charge is 0.351 e. The highest BCUT2D eigenvalue weighted by molar-refractivity contribution is 8.01. The predicted octanol–water partition coefficient (Wildman–Crippen LogP) is 3.75. The summed E-state index contributed by atoms with van der Waals surface area (Å²) in [6.07, 6.45) is 1.66. The summed E-state index contributed by atoms with van der Waals surface area (Å²) in [6.45, 7) is 0.448. The summed E-state index contributed by atoms with van der Waals surface area (Å²) in [6, 6.07) is 11.5.